The van der Waals surface area contributed by atoms with Crippen LogP contribution in [0.3, 0.4) is 0 Å². The fourth-order valence-corrected chi connectivity index (χ4v) is 2.33. The minimum atomic E-state index is 0.0689. The van der Waals surface area contributed by atoms with Gasteiger partial charge < -0.3 is 4.74 Å². The summed E-state index contributed by atoms with van der Waals surface area (Å²) < 4.78 is 5.77. The van der Waals surface area contributed by atoms with Gasteiger partial charge in [-0.2, -0.15) is 0 Å². The summed E-state index contributed by atoms with van der Waals surface area (Å²) in [6, 6.07) is 17.5. The molecule has 110 valence electrons. The number of benzene rings is 2. The Morgan fingerprint density at radius 2 is 1.86 bits per heavy atom. The van der Waals surface area contributed by atoms with E-state index >= 15 is 0 Å². The lowest BCUT2D eigenvalue weighted by Crippen LogP contribution is -2.11. The molecule has 0 saturated heterocycles. The lowest BCUT2D eigenvalue weighted by Gasteiger charge is -2.11. The van der Waals surface area contributed by atoms with Crippen molar-refractivity contribution < 1.29 is 9.53 Å². The van der Waals surface area contributed by atoms with Crippen molar-refractivity contribution in [3.63, 3.8) is 0 Å². The van der Waals surface area contributed by atoms with Gasteiger partial charge in [-0.25, -0.2) is 0 Å². The highest BCUT2D eigenvalue weighted by molar-refractivity contribution is 5.97. The molecule has 0 fully saturated rings. The monoisotopic (exact) mass is 282 g/mol. The summed E-state index contributed by atoms with van der Waals surface area (Å²) in [6.45, 7) is 4.61. The minimum absolute atomic E-state index is 0.0689. The molecular weight excluding hydrogens is 260 g/mol. The van der Waals surface area contributed by atoms with Crippen molar-refractivity contribution in [3.8, 4) is 5.75 Å². The second kappa shape index (κ2) is 7.63. The Hall–Kier alpha value is -2.09. The van der Waals surface area contributed by atoms with Gasteiger partial charge in [-0.15, -0.1) is 0 Å². The zero-order valence-corrected chi connectivity index (χ0v) is 12.7. The molecule has 0 radical (unpaired) electrons. The predicted molar refractivity (Wildman–Crippen MR) is 85.6 cm³/mol. The van der Waals surface area contributed by atoms with E-state index in [0.717, 1.165) is 29.7 Å². The average Bonchev–Trinajstić information content (AvgIpc) is 2.54. The average molecular weight is 282 g/mol. The van der Waals surface area contributed by atoms with Gasteiger partial charge in [0, 0.05) is 11.5 Å². The van der Waals surface area contributed by atoms with E-state index in [0.29, 0.717) is 6.61 Å². The van der Waals surface area contributed by atoms with Crippen LogP contribution in [-0.2, 0) is 6.61 Å². The largest absolute Gasteiger partial charge is 0.489 e. The lowest BCUT2D eigenvalue weighted by atomic mass is 9.95. The third-order valence-electron chi connectivity index (χ3n) is 3.54. The first kappa shape index (κ1) is 15.3. The second-order valence-electron chi connectivity index (χ2n) is 5.36. The molecule has 2 aromatic carbocycles. The molecule has 0 saturated carbocycles. The van der Waals surface area contributed by atoms with Crippen LogP contribution in [0.5, 0.6) is 5.75 Å². The van der Waals surface area contributed by atoms with E-state index in [9.17, 15) is 4.79 Å². The van der Waals surface area contributed by atoms with Gasteiger partial charge in [-0.3, -0.25) is 4.79 Å². The van der Waals surface area contributed by atoms with Gasteiger partial charge in [0.15, 0.2) is 5.78 Å². The summed E-state index contributed by atoms with van der Waals surface area (Å²) in [5.41, 5.74) is 1.86. The van der Waals surface area contributed by atoms with Crippen LogP contribution in [0.4, 0.5) is 0 Å². The van der Waals surface area contributed by atoms with Gasteiger partial charge in [-0.05, 0) is 24.1 Å². The van der Waals surface area contributed by atoms with Gasteiger partial charge in [0.05, 0.1) is 0 Å². The Morgan fingerprint density at radius 3 is 2.57 bits per heavy atom. The van der Waals surface area contributed by atoms with Crippen LogP contribution in [0.25, 0.3) is 0 Å². The van der Waals surface area contributed by atoms with Crippen molar-refractivity contribution in [1.29, 1.82) is 0 Å². The number of rotatable bonds is 7. The standard InChI is InChI=1S/C19H22O2/c1-3-8-15(2)19(20)17-11-7-12-18(13-17)21-14-16-9-5-4-6-10-16/h4-7,9-13,15H,3,8,14H2,1-2H3. The van der Waals surface area contributed by atoms with Gasteiger partial charge in [0.2, 0.25) is 0 Å². The van der Waals surface area contributed by atoms with Crippen LogP contribution >= 0.6 is 0 Å². The molecule has 0 bridgehead atoms. The molecule has 0 aliphatic heterocycles. The highest BCUT2D eigenvalue weighted by Gasteiger charge is 2.14. The summed E-state index contributed by atoms with van der Waals surface area (Å²) >= 11 is 0. The molecule has 2 aromatic rings. The zero-order chi connectivity index (χ0) is 15.1. The van der Waals surface area contributed by atoms with Crippen molar-refractivity contribution >= 4 is 5.78 Å². The number of Topliss-reactive ketones (excluding diaryl/α,β-unsaturated/α-hetero) is 1. The third-order valence-corrected chi connectivity index (χ3v) is 3.54. The maximum atomic E-state index is 12.3. The third kappa shape index (κ3) is 4.45. The van der Waals surface area contributed by atoms with E-state index in [2.05, 4.69) is 6.92 Å². The highest BCUT2D eigenvalue weighted by Crippen LogP contribution is 2.19. The van der Waals surface area contributed by atoms with Crippen LogP contribution in [-0.4, -0.2) is 5.78 Å². The Balaban J connectivity index is 2.02. The molecule has 0 amide bonds. The molecule has 0 spiro atoms. The summed E-state index contributed by atoms with van der Waals surface area (Å²) in [7, 11) is 0. The molecule has 2 nitrogen and oxygen atoms in total. The molecule has 0 aliphatic carbocycles. The summed E-state index contributed by atoms with van der Waals surface area (Å²) in [5.74, 6) is 1.01. The first-order valence-corrected chi connectivity index (χ1v) is 7.51. The first-order chi connectivity index (χ1) is 10.2. The normalized spacial score (nSPS) is 11.9. The number of ketones is 1. The number of carbonyl (C=O) groups is 1. The number of hydrogen-bond donors (Lipinski definition) is 0. The highest BCUT2D eigenvalue weighted by atomic mass is 16.5. The molecule has 21 heavy (non-hydrogen) atoms. The van der Waals surface area contributed by atoms with Crippen LogP contribution < -0.4 is 4.74 Å². The molecule has 1 atom stereocenters. The molecular formula is C19H22O2. The predicted octanol–water partition coefficient (Wildman–Crippen LogP) is 4.88. The van der Waals surface area contributed by atoms with Crippen molar-refractivity contribution in [2.45, 2.75) is 33.3 Å². The maximum Gasteiger partial charge on any atom is 0.165 e. The Labute approximate surface area is 126 Å². The van der Waals surface area contributed by atoms with Crippen molar-refractivity contribution in [2.24, 2.45) is 5.92 Å². The van der Waals surface area contributed by atoms with E-state index in [1.54, 1.807) is 0 Å². The van der Waals surface area contributed by atoms with Gasteiger partial charge >= 0.3 is 0 Å². The number of carbonyl (C=O) groups excluding carboxylic acids is 1. The van der Waals surface area contributed by atoms with E-state index in [1.165, 1.54) is 0 Å². The van der Waals surface area contributed by atoms with Crippen molar-refractivity contribution in [1.82, 2.24) is 0 Å². The van der Waals surface area contributed by atoms with Crippen LogP contribution in [0.15, 0.2) is 54.6 Å². The summed E-state index contributed by atoms with van der Waals surface area (Å²) in [5, 5.41) is 0. The van der Waals surface area contributed by atoms with Crippen molar-refractivity contribution in [2.75, 3.05) is 0 Å². The summed E-state index contributed by atoms with van der Waals surface area (Å²) in [4.78, 5) is 12.3. The Kier molecular flexibility index (Phi) is 5.56. The quantitative estimate of drug-likeness (QED) is 0.676. The Morgan fingerprint density at radius 1 is 1.10 bits per heavy atom. The van der Waals surface area contributed by atoms with E-state index in [4.69, 9.17) is 4.74 Å². The SMILES string of the molecule is CCCC(C)C(=O)c1cccc(OCc2ccccc2)c1. The zero-order valence-electron chi connectivity index (χ0n) is 12.7. The van der Waals surface area contributed by atoms with Crippen LogP contribution in [0, 0.1) is 5.92 Å². The Bertz CT molecular complexity index is 575. The fraction of sp³-hybridized carbons (Fsp3) is 0.316. The van der Waals surface area contributed by atoms with Crippen LogP contribution in [0.2, 0.25) is 0 Å². The number of hydrogen-bond acceptors (Lipinski definition) is 2. The van der Waals surface area contributed by atoms with Crippen molar-refractivity contribution in [3.05, 3.63) is 65.7 Å². The topological polar surface area (TPSA) is 26.3 Å². The lowest BCUT2D eigenvalue weighted by molar-refractivity contribution is 0.0923. The molecule has 1 unspecified atom stereocenters. The smallest absolute Gasteiger partial charge is 0.165 e. The minimum Gasteiger partial charge on any atom is -0.489 e. The molecule has 0 aromatic heterocycles. The van der Waals surface area contributed by atoms with E-state index in [-0.39, 0.29) is 11.7 Å². The maximum absolute atomic E-state index is 12.3. The molecule has 0 heterocycles. The van der Waals surface area contributed by atoms with E-state index in [1.807, 2.05) is 61.5 Å². The fourth-order valence-electron chi connectivity index (χ4n) is 2.33. The van der Waals surface area contributed by atoms with Crippen LogP contribution in [0.1, 0.15) is 42.6 Å². The van der Waals surface area contributed by atoms with E-state index < -0.39 is 0 Å². The molecule has 0 N–H and O–H groups in total. The molecule has 2 rings (SSSR count). The van der Waals surface area contributed by atoms with Gasteiger partial charge in [-0.1, -0.05) is 62.7 Å². The first-order valence-electron chi connectivity index (χ1n) is 7.51. The molecule has 0 aliphatic rings. The number of ether oxygens (including phenoxy) is 1. The van der Waals surface area contributed by atoms with Gasteiger partial charge in [0.25, 0.3) is 0 Å². The molecule has 2 heteroatoms. The second-order valence-corrected chi connectivity index (χ2v) is 5.36. The summed E-state index contributed by atoms with van der Waals surface area (Å²) in [6.07, 6.45) is 1.95. The van der Waals surface area contributed by atoms with Gasteiger partial charge in [0.1, 0.15) is 12.4 Å².